The van der Waals surface area contributed by atoms with Gasteiger partial charge in [-0.3, -0.25) is 9.87 Å². The molecule has 0 spiro atoms. The van der Waals surface area contributed by atoms with Crippen LogP contribution in [0.5, 0.6) is 0 Å². The second-order valence-electron chi connectivity index (χ2n) is 2.87. The van der Waals surface area contributed by atoms with E-state index in [9.17, 15) is 8.42 Å². The highest BCUT2D eigenvalue weighted by molar-refractivity contribution is 7.86. The molecule has 1 saturated heterocycles. The monoisotopic (exact) mass is 197 g/mol. The third-order valence-corrected chi connectivity index (χ3v) is 2.98. The number of nitrogens with one attached hydrogen (secondary N) is 1. The van der Waals surface area contributed by atoms with Gasteiger partial charge in [0.15, 0.2) is 5.37 Å². The Morgan fingerprint density at radius 2 is 1.75 bits per heavy atom. The normalized spacial score (nSPS) is 43.3. The van der Waals surface area contributed by atoms with Gasteiger partial charge in [-0.05, 0) is 6.92 Å². The van der Waals surface area contributed by atoms with Crippen LogP contribution >= 0.6 is 0 Å². The van der Waals surface area contributed by atoms with Gasteiger partial charge in [0.05, 0.1) is 6.10 Å². The van der Waals surface area contributed by atoms with Gasteiger partial charge in [0, 0.05) is 6.04 Å². The van der Waals surface area contributed by atoms with Crippen LogP contribution in [0.4, 0.5) is 0 Å². The molecule has 0 bridgehead atoms. The van der Waals surface area contributed by atoms with Crippen molar-refractivity contribution in [3.05, 3.63) is 0 Å². The molecule has 0 saturated carbocycles. The molecule has 1 aliphatic rings. The molecule has 0 unspecified atom stereocenters. The zero-order valence-electron chi connectivity index (χ0n) is 6.38. The lowest BCUT2D eigenvalue weighted by Crippen LogP contribution is -2.40. The summed E-state index contributed by atoms with van der Waals surface area (Å²) in [5, 5.41) is 19.1. The lowest BCUT2D eigenvalue weighted by molar-refractivity contribution is 0.0384. The van der Waals surface area contributed by atoms with Gasteiger partial charge in [-0.25, -0.2) is 0 Å². The van der Waals surface area contributed by atoms with Crippen molar-refractivity contribution in [3.63, 3.8) is 0 Å². The molecule has 72 valence electrons. The van der Waals surface area contributed by atoms with Gasteiger partial charge in [0.1, 0.15) is 6.10 Å². The Morgan fingerprint density at radius 1 is 1.25 bits per heavy atom. The molecule has 7 heteroatoms. The van der Waals surface area contributed by atoms with Crippen molar-refractivity contribution in [2.24, 2.45) is 0 Å². The highest BCUT2D eigenvalue weighted by Crippen LogP contribution is 2.17. The molecule has 6 nitrogen and oxygen atoms in total. The van der Waals surface area contributed by atoms with Crippen LogP contribution < -0.4 is 5.32 Å². The third kappa shape index (κ3) is 1.59. The molecule has 4 atom stereocenters. The Kier molecular flexibility index (Phi) is 2.41. The predicted molar refractivity (Wildman–Crippen MR) is 39.9 cm³/mol. The summed E-state index contributed by atoms with van der Waals surface area (Å²) >= 11 is 0. The second-order valence-corrected chi connectivity index (χ2v) is 4.41. The van der Waals surface area contributed by atoms with Crippen LogP contribution in [0.3, 0.4) is 0 Å². The maximum absolute atomic E-state index is 10.6. The topological polar surface area (TPSA) is 107 Å². The van der Waals surface area contributed by atoms with E-state index in [0.717, 1.165) is 0 Å². The molecule has 1 fully saturated rings. The number of hydrogen-bond acceptors (Lipinski definition) is 5. The summed E-state index contributed by atoms with van der Waals surface area (Å²) < 4.78 is 29.7. The smallest absolute Gasteiger partial charge is 0.283 e. The van der Waals surface area contributed by atoms with Crippen molar-refractivity contribution < 1.29 is 23.2 Å². The van der Waals surface area contributed by atoms with E-state index >= 15 is 0 Å². The SMILES string of the molecule is C[C@@H]1N[C@@H](S(=O)(=O)O)[C@H](O)[C@@H]1O. The first kappa shape index (κ1) is 9.87. The van der Waals surface area contributed by atoms with Crippen molar-refractivity contribution in [3.8, 4) is 0 Å². The molecule has 0 aromatic rings. The third-order valence-electron chi connectivity index (χ3n) is 1.92. The molecule has 12 heavy (non-hydrogen) atoms. The van der Waals surface area contributed by atoms with E-state index in [-0.39, 0.29) is 0 Å². The second kappa shape index (κ2) is 2.93. The summed E-state index contributed by atoms with van der Waals surface area (Å²) in [6, 6.07) is -0.549. The molecule has 0 aromatic carbocycles. The minimum Gasteiger partial charge on any atom is -0.389 e. The summed E-state index contributed by atoms with van der Waals surface area (Å²) in [5.41, 5.74) is 0. The van der Waals surface area contributed by atoms with E-state index in [1.54, 1.807) is 0 Å². The highest BCUT2D eigenvalue weighted by Gasteiger charge is 2.45. The van der Waals surface area contributed by atoms with Gasteiger partial charge in [0.25, 0.3) is 10.1 Å². The number of aliphatic hydroxyl groups excluding tert-OH is 2. The number of hydrogen-bond donors (Lipinski definition) is 4. The Morgan fingerprint density at radius 3 is 1.92 bits per heavy atom. The van der Waals surface area contributed by atoms with Crippen LogP contribution in [0.15, 0.2) is 0 Å². The quantitative estimate of drug-likeness (QED) is 0.359. The maximum Gasteiger partial charge on any atom is 0.283 e. The van der Waals surface area contributed by atoms with Crippen LogP contribution in [0.25, 0.3) is 0 Å². The lowest BCUT2D eigenvalue weighted by Gasteiger charge is -2.11. The van der Waals surface area contributed by atoms with Gasteiger partial charge < -0.3 is 10.2 Å². The fraction of sp³-hybridized carbons (Fsp3) is 1.00. The Labute approximate surface area is 70.0 Å². The van der Waals surface area contributed by atoms with Crippen molar-refractivity contribution in [1.82, 2.24) is 5.32 Å². The molecular formula is C5H11NO5S. The van der Waals surface area contributed by atoms with Crippen LogP contribution in [0, 0.1) is 0 Å². The summed E-state index contributed by atoms with van der Waals surface area (Å²) in [6.07, 6.45) is -2.65. The first-order valence-electron chi connectivity index (χ1n) is 3.42. The van der Waals surface area contributed by atoms with Crippen molar-refractivity contribution >= 4 is 10.1 Å². The lowest BCUT2D eigenvalue weighted by atomic mass is 10.2. The maximum atomic E-state index is 10.6. The van der Waals surface area contributed by atoms with Gasteiger partial charge in [-0.15, -0.1) is 0 Å². The zero-order valence-corrected chi connectivity index (χ0v) is 7.19. The van der Waals surface area contributed by atoms with E-state index < -0.39 is 33.7 Å². The summed E-state index contributed by atoms with van der Waals surface area (Å²) in [7, 11) is -4.34. The first-order valence-corrected chi connectivity index (χ1v) is 4.93. The molecule has 0 radical (unpaired) electrons. The van der Waals surface area contributed by atoms with Gasteiger partial charge in [-0.1, -0.05) is 0 Å². The molecule has 0 aliphatic carbocycles. The van der Waals surface area contributed by atoms with Crippen molar-refractivity contribution in [2.75, 3.05) is 0 Å². The number of aliphatic hydroxyl groups is 2. The Hall–Kier alpha value is -0.210. The van der Waals surface area contributed by atoms with Crippen LogP contribution in [-0.2, 0) is 10.1 Å². The molecule has 1 rings (SSSR count). The summed E-state index contributed by atoms with van der Waals surface area (Å²) in [6.45, 7) is 1.51. The summed E-state index contributed by atoms with van der Waals surface area (Å²) in [5.74, 6) is 0. The highest BCUT2D eigenvalue weighted by atomic mass is 32.2. The average molecular weight is 197 g/mol. The standard InChI is InChI=1S/C5H11NO5S/c1-2-3(7)4(8)5(6-2)12(9,10)11/h2-8H,1H3,(H,9,10,11)/t2-,3+,4+,5-/m0/s1. The average Bonchev–Trinajstić information content (AvgIpc) is 2.15. The van der Waals surface area contributed by atoms with E-state index in [1.165, 1.54) is 6.92 Å². The fourth-order valence-corrected chi connectivity index (χ4v) is 2.09. The molecule has 0 aromatic heterocycles. The predicted octanol–water partition coefficient (Wildman–Crippen LogP) is -2.09. The molecule has 4 N–H and O–H groups in total. The van der Waals surface area contributed by atoms with E-state index in [2.05, 4.69) is 5.32 Å². The Bertz CT molecular complexity index is 263. The van der Waals surface area contributed by atoms with Crippen LogP contribution in [-0.4, -0.2) is 46.8 Å². The molecule has 0 amide bonds. The van der Waals surface area contributed by atoms with Crippen molar-refractivity contribution in [2.45, 2.75) is 30.5 Å². The van der Waals surface area contributed by atoms with E-state index in [1.807, 2.05) is 0 Å². The molecule has 1 aliphatic heterocycles. The molecule has 1 heterocycles. The largest absolute Gasteiger partial charge is 0.389 e. The van der Waals surface area contributed by atoms with Crippen LogP contribution in [0.1, 0.15) is 6.92 Å². The van der Waals surface area contributed by atoms with Crippen molar-refractivity contribution in [1.29, 1.82) is 0 Å². The van der Waals surface area contributed by atoms with Gasteiger partial charge in [-0.2, -0.15) is 8.42 Å². The van der Waals surface area contributed by atoms with Gasteiger partial charge >= 0.3 is 0 Å². The number of rotatable bonds is 1. The van der Waals surface area contributed by atoms with Gasteiger partial charge in [0.2, 0.25) is 0 Å². The Balaban J connectivity index is 2.86. The zero-order chi connectivity index (χ0) is 9.52. The molecular weight excluding hydrogens is 186 g/mol. The minimum atomic E-state index is -4.34. The van der Waals surface area contributed by atoms with E-state index in [4.69, 9.17) is 14.8 Å². The van der Waals surface area contributed by atoms with Crippen LogP contribution in [0.2, 0.25) is 0 Å². The summed E-state index contributed by atoms with van der Waals surface area (Å²) in [4.78, 5) is 0. The van der Waals surface area contributed by atoms with E-state index in [0.29, 0.717) is 0 Å². The first-order chi connectivity index (χ1) is 5.34. The fourth-order valence-electron chi connectivity index (χ4n) is 1.19. The minimum absolute atomic E-state index is 0.549.